The van der Waals surface area contributed by atoms with Gasteiger partial charge in [-0.3, -0.25) is 0 Å². The molecular formula is C12F10O4S2. The van der Waals surface area contributed by atoms with Crippen LogP contribution in [0.25, 0.3) is 0 Å². The van der Waals surface area contributed by atoms with Crippen LogP contribution in [0.5, 0.6) is 5.75 Å². The molecule has 2 aromatic carbocycles. The van der Waals surface area contributed by atoms with Gasteiger partial charge in [-0.2, -0.15) is 16.6 Å². The first-order valence-corrected chi connectivity index (χ1v) is 8.21. The molecule has 0 fully saturated rings. The topological polar surface area (TPSA) is 52.6 Å². The molecular weight excluding hydrogens is 462 g/mol. The molecule has 2 unspecified atom stereocenters. The third-order valence-corrected chi connectivity index (χ3v) is 4.71. The molecule has 2 aromatic rings. The van der Waals surface area contributed by atoms with Crippen LogP contribution in [0.3, 0.4) is 0 Å². The summed E-state index contributed by atoms with van der Waals surface area (Å²) >= 11 is -7.58. The van der Waals surface area contributed by atoms with E-state index in [4.69, 9.17) is 0 Å². The molecule has 0 heterocycles. The van der Waals surface area contributed by atoms with Crippen molar-refractivity contribution in [1.82, 2.24) is 0 Å². The van der Waals surface area contributed by atoms with E-state index in [0.717, 1.165) is 0 Å². The molecule has 0 aromatic heterocycles. The first-order valence-electron chi connectivity index (χ1n) is 6.13. The number of hydrogen-bond donors (Lipinski definition) is 0. The number of halogens is 10. The SMILES string of the molecule is O=S(Oc1c(F)c(F)c(F)c(F)c1F)OS(=O)c1c(F)c(F)c(F)c(F)c1F. The van der Waals surface area contributed by atoms with E-state index in [1.165, 1.54) is 0 Å². The maximum Gasteiger partial charge on any atom is 0.374 e. The second kappa shape index (κ2) is 8.04. The van der Waals surface area contributed by atoms with Crippen molar-refractivity contribution in [3.63, 3.8) is 0 Å². The molecule has 0 radical (unpaired) electrons. The van der Waals surface area contributed by atoms with E-state index in [9.17, 15) is 52.3 Å². The van der Waals surface area contributed by atoms with E-state index < -0.39 is 91.3 Å². The van der Waals surface area contributed by atoms with E-state index in [-0.39, 0.29) is 0 Å². The van der Waals surface area contributed by atoms with E-state index in [0.29, 0.717) is 0 Å². The Bertz CT molecular complexity index is 970. The highest BCUT2D eigenvalue weighted by Crippen LogP contribution is 2.31. The zero-order valence-electron chi connectivity index (χ0n) is 12.2. The summed E-state index contributed by atoms with van der Waals surface area (Å²) < 4.78 is 161. The maximum absolute atomic E-state index is 13.4. The van der Waals surface area contributed by atoms with Crippen LogP contribution in [-0.2, 0) is 26.1 Å². The summed E-state index contributed by atoms with van der Waals surface area (Å²) in [4.78, 5) is -2.15. The molecule has 2 rings (SSSR count). The van der Waals surface area contributed by atoms with Crippen LogP contribution >= 0.6 is 0 Å². The van der Waals surface area contributed by atoms with Gasteiger partial charge in [0.25, 0.3) is 0 Å². The average Bonchev–Trinajstić information content (AvgIpc) is 2.65. The standard InChI is InChI=1S/C12F10O4S2/c13-1-3(15)7(19)11(8(20)4(1)16)25-28(24)26-27(23)12-9(21)5(17)2(14)6(18)10(12)22. The highest BCUT2D eigenvalue weighted by atomic mass is 32.3. The molecule has 0 saturated heterocycles. The second-order valence-electron chi connectivity index (χ2n) is 4.39. The molecule has 0 amide bonds. The van der Waals surface area contributed by atoms with Gasteiger partial charge in [0.2, 0.25) is 51.7 Å². The minimum Gasteiger partial charge on any atom is -0.373 e. The molecule has 4 nitrogen and oxygen atoms in total. The summed E-state index contributed by atoms with van der Waals surface area (Å²) in [5.74, 6) is -28.2. The van der Waals surface area contributed by atoms with Gasteiger partial charge < -0.3 is 4.18 Å². The van der Waals surface area contributed by atoms with Gasteiger partial charge in [-0.15, -0.1) is 0 Å². The molecule has 16 heteroatoms. The molecule has 0 N–H and O–H groups in total. The van der Waals surface area contributed by atoms with Gasteiger partial charge in [-0.25, -0.2) is 39.3 Å². The minimum absolute atomic E-state index is 2.15. The Balaban J connectivity index is 2.35. The highest BCUT2D eigenvalue weighted by Gasteiger charge is 2.33. The molecule has 0 bridgehead atoms. The summed E-state index contributed by atoms with van der Waals surface area (Å²) in [7, 11) is 0. The van der Waals surface area contributed by atoms with E-state index in [1.807, 2.05) is 0 Å². The summed E-state index contributed by atoms with van der Waals surface area (Å²) in [5, 5.41) is 0. The minimum atomic E-state index is -3.80. The number of hydrogen-bond acceptors (Lipinski definition) is 4. The van der Waals surface area contributed by atoms with Crippen molar-refractivity contribution in [3.8, 4) is 5.75 Å². The van der Waals surface area contributed by atoms with Crippen molar-refractivity contribution in [2.45, 2.75) is 4.90 Å². The maximum atomic E-state index is 13.4. The Morgan fingerprint density at radius 2 is 0.821 bits per heavy atom. The van der Waals surface area contributed by atoms with Crippen molar-refractivity contribution in [2.75, 3.05) is 0 Å². The van der Waals surface area contributed by atoms with Crippen molar-refractivity contribution in [2.24, 2.45) is 0 Å². The zero-order valence-corrected chi connectivity index (χ0v) is 13.9. The fourth-order valence-corrected chi connectivity index (χ4v) is 3.10. The fraction of sp³-hybridized carbons (Fsp3) is 0. The third-order valence-electron chi connectivity index (χ3n) is 2.77. The third kappa shape index (κ3) is 3.70. The molecule has 28 heavy (non-hydrogen) atoms. The number of rotatable bonds is 5. The van der Waals surface area contributed by atoms with Crippen molar-refractivity contribution in [3.05, 3.63) is 58.2 Å². The monoisotopic (exact) mass is 462 g/mol. The van der Waals surface area contributed by atoms with Crippen LogP contribution < -0.4 is 4.18 Å². The molecule has 0 aliphatic carbocycles. The van der Waals surface area contributed by atoms with E-state index in [2.05, 4.69) is 7.81 Å². The molecule has 0 aliphatic heterocycles. The van der Waals surface area contributed by atoms with Crippen LogP contribution in [0.1, 0.15) is 0 Å². The Kier molecular flexibility index (Phi) is 6.34. The first kappa shape index (κ1) is 22.1. The van der Waals surface area contributed by atoms with Crippen LogP contribution in [-0.4, -0.2) is 8.42 Å². The Morgan fingerprint density at radius 3 is 1.21 bits per heavy atom. The first-order chi connectivity index (χ1) is 12.9. The van der Waals surface area contributed by atoms with E-state index >= 15 is 0 Å². The summed E-state index contributed by atoms with van der Waals surface area (Å²) in [6, 6.07) is 0. The molecule has 0 saturated carbocycles. The van der Waals surface area contributed by atoms with Gasteiger partial charge in [-0.1, -0.05) is 0 Å². The fourth-order valence-electron chi connectivity index (χ4n) is 1.56. The second-order valence-corrected chi connectivity index (χ2v) is 6.39. The van der Waals surface area contributed by atoms with Crippen molar-refractivity contribution < 1.29 is 60.1 Å². The molecule has 0 aliphatic rings. The predicted octanol–water partition coefficient (Wildman–Crippen LogP) is 3.77. The average molecular weight is 462 g/mol. The van der Waals surface area contributed by atoms with Crippen LogP contribution in [0.4, 0.5) is 43.9 Å². The Hall–Kier alpha value is -2.20. The lowest BCUT2D eigenvalue weighted by molar-refractivity contribution is 0.344. The van der Waals surface area contributed by atoms with Gasteiger partial charge >= 0.3 is 11.4 Å². The van der Waals surface area contributed by atoms with Crippen molar-refractivity contribution >= 4 is 22.4 Å². The molecule has 2 atom stereocenters. The lowest BCUT2D eigenvalue weighted by Gasteiger charge is -2.09. The summed E-state index contributed by atoms with van der Waals surface area (Å²) in [6.07, 6.45) is 0. The van der Waals surface area contributed by atoms with Gasteiger partial charge in [-0.05, 0) is 0 Å². The van der Waals surface area contributed by atoms with Gasteiger partial charge in [0.05, 0.1) is 0 Å². The molecule has 0 spiro atoms. The molecule has 154 valence electrons. The Labute approximate surface area is 152 Å². The van der Waals surface area contributed by atoms with Crippen LogP contribution in [0.2, 0.25) is 0 Å². The largest absolute Gasteiger partial charge is 0.374 e. The van der Waals surface area contributed by atoms with E-state index in [1.54, 1.807) is 0 Å². The summed E-state index contributed by atoms with van der Waals surface area (Å²) in [6.45, 7) is 0. The summed E-state index contributed by atoms with van der Waals surface area (Å²) in [5.41, 5.74) is 0. The normalized spacial score (nSPS) is 13.5. The van der Waals surface area contributed by atoms with Crippen molar-refractivity contribution in [1.29, 1.82) is 0 Å². The lowest BCUT2D eigenvalue weighted by atomic mass is 10.3. The van der Waals surface area contributed by atoms with Crippen LogP contribution in [0, 0.1) is 58.2 Å². The van der Waals surface area contributed by atoms with Gasteiger partial charge in [0, 0.05) is 0 Å². The highest BCUT2D eigenvalue weighted by molar-refractivity contribution is 7.91. The number of benzene rings is 2. The zero-order chi connectivity index (χ0) is 21.5. The quantitative estimate of drug-likeness (QED) is 0.386. The van der Waals surface area contributed by atoms with Gasteiger partial charge in [0.1, 0.15) is 4.90 Å². The van der Waals surface area contributed by atoms with Gasteiger partial charge in [0.15, 0.2) is 23.3 Å². The van der Waals surface area contributed by atoms with Crippen LogP contribution in [0.15, 0.2) is 4.90 Å². The smallest absolute Gasteiger partial charge is 0.373 e. The lowest BCUT2D eigenvalue weighted by Crippen LogP contribution is -2.15. The predicted molar refractivity (Wildman–Crippen MR) is 68.7 cm³/mol. The Morgan fingerprint density at radius 1 is 0.500 bits per heavy atom.